The second-order valence-corrected chi connectivity index (χ2v) is 5.10. The molecule has 0 radical (unpaired) electrons. The van der Waals surface area contributed by atoms with Crippen LogP contribution in [0.3, 0.4) is 0 Å². The zero-order chi connectivity index (χ0) is 14.0. The number of hydrogen-bond donors (Lipinski definition) is 1. The number of anilines is 3. The third-order valence-corrected chi connectivity index (χ3v) is 3.13. The maximum absolute atomic E-state index is 6.02. The molecule has 2 rings (SSSR count). The standard InChI is InChI=1S/C13H14Cl2N4/c1-8-4-5-9(6-11(8)19(2)3)17-12-10(14)7-16-13(15)18-12/h4-7H,1-3H3,(H,16,17,18). The van der Waals surface area contributed by atoms with Crippen LogP contribution in [0.2, 0.25) is 10.3 Å². The van der Waals surface area contributed by atoms with E-state index in [9.17, 15) is 0 Å². The van der Waals surface area contributed by atoms with Crippen LogP contribution in [-0.2, 0) is 0 Å². The van der Waals surface area contributed by atoms with Crippen LogP contribution in [-0.4, -0.2) is 24.1 Å². The molecule has 4 nitrogen and oxygen atoms in total. The van der Waals surface area contributed by atoms with Crippen molar-refractivity contribution in [3.05, 3.63) is 40.3 Å². The lowest BCUT2D eigenvalue weighted by molar-refractivity contribution is 1.11. The molecule has 0 saturated carbocycles. The van der Waals surface area contributed by atoms with E-state index in [1.165, 1.54) is 11.8 Å². The minimum absolute atomic E-state index is 0.159. The first-order chi connectivity index (χ1) is 8.97. The summed E-state index contributed by atoms with van der Waals surface area (Å²) in [5, 5.41) is 3.73. The van der Waals surface area contributed by atoms with E-state index in [2.05, 4.69) is 27.1 Å². The van der Waals surface area contributed by atoms with E-state index in [0.29, 0.717) is 10.8 Å². The number of benzene rings is 1. The third-order valence-electron chi connectivity index (χ3n) is 2.67. The average Bonchev–Trinajstić information content (AvgIpc) is 2.36. The van der Waals surface area contributed by atoms with Gasteiger partial charge in [0.15, 0.2) is 5.82 Å². The van der Waals surface area contributed by atoms with E-state index >= 15 is 0 Å². The summed E-state index contributed by atoms with van der Waals surface area (Å²) in [6, 6.07) is 6.03. The van der Waals surface area contributed by atoms with Crippen molar-refractivity contribution in [1.82, 2.24) is 9.97 Å². The number of nitrogens with zero attached hydrogens (tertiary/aromatic N) is 3. The Bertz CT molecular complexity index is 599. The largest absolute Gasteiger partial charge is 0.377 e. The van der Waals surface area contributed by atoms with E-state index in [-0.39, 0.29) is 5.28 Å². The lowest BCUT2D eigenvalue weighted by Gasteiger charge is -2.17. The zero-order valence-corrected chi connectivity index (χ0v) is 12.4. The number of aryl methyl sites for hydroxylation is 1. The molecule has 0 aliphatic rings. The molecule has 0 unspecified atom stereocenters. The maximum Gasteiger partial charge on any atom is 0.224 e. The molecule has 0 fully saturated rings. The topological polar surface area (TPSA) is 41.1 Å². The van der Waals surface area contributed by atoms with Crippen molar-refractivity contribution < 1.29 is 0 Å². The van der Waals surface area contributed by atoms with Gasteiger partial charge in [-0.1, -0.05) is 17.7 Å². The molecule has 0 aliphatic carbocycles. The Balaban J connectivity index is 2.33. The number of hydrogen-bond acceptors (Lipinski definition) is 4. The van der Waals surface area contributed by atoms with Crippen molar-refractivity contribution in [1.29, 1.82) is 0 Å². The lowest BCUT2D eigenvalue weighted by Crippen LogP contribution is -2.10. The van der Waals surface area contributed by atoms with Gasteiger partial charge in [0, 0.05) is 25.5 Å². The highest BCUT2D eigenvalue weighted by atomic mass is 35.5. The van der Waals surface area contributed by atoms with Gasteiger partial charge in [-0.3, -0.25) is 0 Å². The summed E-state index contributed by atoms with van der Waals surface area (Å²) in [5.74, 6) is 0.496. The van der Waals surface area contributed by atoms with Gasteiger partial charge in [-0.25, -0.2) is 4.98 Å². The number of aromatic nitrogens is 2. The van der Waals surface area contributed by atoms with E-state index in [4.69, 9.17) is 23.2 Å². The molecule has 0 aliphatic heterocycles. The molecular weight excluding hydrogens is 283 g/mol. The van der Waals surface area contributed by atoms with Crippen LogP contribution in [0.25, 0.3) is 0 Å². The summed E-state index contributed by atoms with van der Waals surface area (Å²) < 4.78 is 0. The van der Waals surface area contributed by atoms with Gasteiger partial charge in [-0.2, -0.15) is 4.98 Å². The van der Waals surface area contributed by atoms with Gasteiger partial charge in [0.1, 0.15) is 5.02 Å². The van der Waals surface area contributed by atoms with Crippen LogP contribution in [0.4, 0.5) is 17.2 Å². The number of nitrogens with one attached hydrogen (secondary N) is 1. The van der Waals surface area contributed by atoms with Gasteiger partial charge in [0.25, 0.3) is 0 Å². The van der Waals surface area contributed by atoms with Gasteiger partial charge in [0.2, 0.25) is 5.28 Å². The molecular formula is C13H14Cl2N4. The maximum atomic E-state index is 6.02. The summed E-state index contributed by atoms with van der Waals surface area (Å²) in [6.45, 7) is 2.06. The second-order valence-electron chi connectivity index (χ2n) is 4.36. The van der Waals surface area contributed by atoms with Gasteiger partial charge >= 0.3 is 0 Å². The summed E-state index contributed by atoms with van der Waals surface area (Å²) in [6.07, 6.45) is 1.47. The fraction of sp³-hybridized carbons (Fsp3) is 0.231. The minimum Gasteiger partial charge on any atom is -0.377 e. The van der Waals surface area contributed by atoms with E-state index in [1.54, 1.807) is 0 Å². The molecule has 2 aromatic rings. The molecule has 6 heteroatoms. The third kappa shape index (κ3) is 3.28. The molecule has 1 N–H and O–H groups in total. The Morgan fingerprint density at radius 3 is 2.63 bits per heavy atom. The molecule has 0 saturated heterocycles. The molecule has 0 spiro atoms. The van der Waals surface area contributed by atoms with E-state index in [0.717, 1.165) is 11.4 Å². The van der Waals surface area contributed by atoms with Crippen molar-refractivity contribution >= 4 is 40.4 Å². The summed E-state index contributed by atoms with van der Waals surface area (Å²) in [5.41, 5.74) is 3.22. The van der Waals surface area contributed by atoms with E-state index < -0.39 is 0 Å². The molecule has 0 amide bonds. The van der Waals surface area contributed by atoms with Crippen molar-refractivity contribution in [2.75, 3.05) is 24.3 Å². The highest BCUT2D eigenvalue weighted by Crippen LogP contribution is 2.27. The van der Waals surface area contributed by atoms with Crippen LogP contribution < -0.4 is 10.2 Å². The predicted molar refractivity (Wildman–Crippen MR) is 80.8 cm³/mol. The fourth-order valence-corrected chi connectivity index (χ4v) is 2.01. The molecule has 100 valence electrons. The number of halogens is 2. The smallest absolute Gasteiger partial charge is 0.224 e. The van der Waals surface area contributed by atoms with Gasteiger partial charge in [-0.05, 0) is 36.2 Å². The molecule has 0 bridgehead atoms. The summed E-state index contributed by atoms with van der Waals surface area (Å²) >= 11 is 11.8. The van der Waals surface area contributed by atoms with Crippen molar-refractivity contribution in [3.63, 3.8) is 0 Å². The Labute approximate surface area is 122 Å². The molecule has 1 aromatic carbocycles. The summed E-state index contributed by atoms with van der Waals surface area (Å²) in [7, 11) is 4.00. The van der Waals surface area contributed by atoms with Crippen LogP contribution >= 0.6 is 23.2 Å². The van der Waals surface area contributed by atoms with E-state index in [1.807, 2.05) is 32.3 Å². The Kier molecular flexibility index (Phi) is 4.12. The Morgan fingerprint density at radius 2 is 1.95 bits per heavy atom. The lowest BCUT2D eigenvalue weighted by atomic mass is 10.1. The number of rotatable bonds is 3. The first kappa shape index (κ1) is 13.9. The zero-order valence-electron chi connectivity index (χ0n) is 10.9. The van der Waals surface area contributed by atoms with Crippen LogP contribution in [0.5, 0.6) is 0 Å². The predicted octanol–water partition coefficient (Wildman–Crippen LogP) is 3.90. The second kappa shape index (κ2) is 5.63. The highest BCUT2D eigenvalue weighted by Gasteiger charge is 2.07. The molecule has 19 heavy (non-hydrogen) atoms. The molecule has 1 aromatic heterocycles. The van der Waals surface area contributed by atoms with Crippen LogP contribution in [0, 0.1) is 6.92 Å². The average molecular weight is 297 g/mol. The van der Waals surface area contributed by atoms with Crippen molar-refractivity contribution in [2.24, 2.45) is 0 Å². The minimum atomic E-state index is 0.159. The normalized spacial score (nSPS) is 10.4. The molecule has 0 atom stereocenters. The first-order valence-corrected chi connectivity index (χ1v) is 6.46. The SMILES string of the molecule is Cc1ccc(Nc2nc(Cl)ncc2Cl)cc1N(C)C. The van der Waals surface area contributed by atoms with Crippen LogP contribution in [0.15, 0.2) is 24.4 Å². The van der Waals surface area contributed by atoms with Gasteiger partial charge in [0.05, 0.1) is 6.20 Å². The highest BCUT2D eigenvalue weighted by molar-refractivity contribution is 6.33. The van der Waals surface area contributed by atoms with Crippen molar-refractivity contribution in [3.8, 4) is 0 Å². The molecule has 1 heterocycles. The van der Waals surface area contributed by atoms with Crippen LogP contribution in [0.1, 0.15) is 5.56 Å². The fourth-order valence-electron chi connectivity index (χ4n) is 1.74. The monoisotopic (exact) mass is 296 g/mol. The van der Waals surface area contributed by atoms with Gasteiger partial charge in [-0.15, -0.1) is 0 Å². The summed E-state index contributed by atoms with van der Waals surface area (Å²) in [4.78, 5) is 9.93. The van der Waals surface area contributed by atoms with Crippen molar-refractivity contribution in [2.45, 2.75) is 6.92 Å². The first-order valence-electron chi connectivity index (χ1n) is 5.70. The Morgan fingerprint density at radius 1 is 1.21 bits per heavy atom. The Hall–Kier alpha value is -1.52. The quantitative estimate of drug-likeness (QED) is 0.872. The van der Waals surface area contributed by atoms with Gasteiger partial charge < -0.3 is 10.2 Å².